The molecule has 0 aromatic heterocycles. The second-order valence-electron chi connectivity index (χ2n) is 6.40. The quantitative estimate of drug-likeness (QED) is 0.368. The van der Waals surface area contributed by atoms with E-state index in [1.807, 2.05) is 0 Å². The van der Waals surface area contributed by atoms with Gasteiger partial charge in [-0.05, 0) is 60.7 Å². The van der Waals surface area contributed by atoms with Crippen molar-refractivity contribution >= 4 is 69.6 Å². The first-order valence-electron chi connectivity index (χ1n) is 9.15. The van der Waals surface area contributed by atoms with Gasteiger partial charge in [0.25, 0.3) is 11.8 Å². The molecule has 3 aromatic carbocycles. The Balaban J connectivity index is 1.45. The first-order chi connectivity index (χ1) is 15.3. The average Bonchev–Trinajstić information content (AvgIpc) is 2.74. The number of carbonyl (C=O) groups is 2. The smallest absolute Gasteiger partial charge is 0.262 e. The molecular weight excluding hydrogens is 498 g/mol. The molecule has 0 saturated heterocycles. The lowest BCUT2D eigenvalue weighted by molar-refractivity contribution is -0.118. The SMILES string of the molecule is O=C(COc1ccc(Cl)cc1Cl)Nc1ccc(NC(=O)COc2ccc(Cl)cc2Cl)cc1. The third-order valence-electron chi connectivity index (χ3n) is 3.96. The first kappa shape index (κ1) is 24.0. The first-order valence-corrected chi connectivity index (χ1v) is 10.7. The Hall–Kier alpha value is -2.64. The van der Waals surface area contributed by atoms with Crippen LogP contribution in [0.5, 0.6) is 11.5 Å². The van der Waals surface area contributed by atoms with E-state index in [-0.39, 0.29) is 25.0 Å². The van der Waals surface area contributed by atoms with Crippen LogP contribution in [0.25, 0.3) is 0 Å². The summed E-state index contributed by atoms with van der Waals surface area (Å²) in [5, 5.41) is 6.94. The zero-order valence-electron chi connectivity index (χ0n) is 16.3. The maximum absolute atomic E-state index is 12.1. The van der Waals surface area contributed by atoms with Gasteiger partial charge in [-0.2, -0.15) is 0 Å². The number of nitrogens with one attached hydrogen (secondary N) is 2. The van der Waals surface area contributed by atoms with E-state index < -0.39 is 0 Å². The molecule has 2 amide bonds. The predicted octanol–water partition coefficient (Wildman–Crippen LogP) is 6.34. The lowest BCUT2D eigenvalue weighted by atomic mass is 10.2. The zero-order valence-corrected chi connectivity index (χ0v) is 19.4. The molecule has 0 bridgehead atoms. The molecule has 0 spiro atoms. The van der Waals surface area contributed by atoms with Gasteiger partial charge in [0.15, 0.2) is 13.2 Å². The van der Waals surface area contributed by atoms with E-state index in [0.29, 0.717) is 43.0 Å². The van der Waals surface area contributed by atoms with E-state index in [1.54, 1.807) is 48.5 Å². The molecule has 0 heterocycles. The molecule has 10 heteroatoms. The summed E-state index contributed by atoms with van der Waals surface area (Å²) in [6, 6.07) is 16.0. The molecular formula is C22H16Cl4N2O4. The van der Waals surface area contributed by atoms with Crippen molar-refractivity contribution in [2.75, 3.05) is 23.8 Å². The highest BCUT2D eigenvalue weighted by atomic mass is 35.5. The molecule has 0 radical (unpaired) electrons. The van der Waals surface area contributed by atoms with Gasteiger partial charge < -0.3 is 20.1 Å². The van der Waals surface area contributed by atoms with Crippen molar-refractivity contribution < 1.29 is 19.1 Å². The Morgan fingerprint density at radius 1 is 0.625 bits per heavy atom. The van der Waals surface area contributed by atoms with Crippen molar-refractivity contribution in [3.63, 3.8) is 0 Å². The van der Waals surface area contributed by atoms with E-state index in [4.69, 9.17) is 55.9 Å². The van der Waals surface area contributed by atoms with E-state index in [1.165, 1.54) is 12.1 Å². The van der Waals surface area contributed by atoms with Gasteiger partial charge in [0.05, 0.1) is 10.0 Å². The largest absolute Gasteiger partial charge is 0.482 e. The number of anilines is 2. The Morgan fingerprint density at radius 2 is 1.00 bits per heavy atom. The summed E-state index contributed by atoms with van der Waals surface area (Å²) in [4.78, 5) is 24.2. The maximum atomic E-state index is 12.1. The standard InChI is InChI=1S/C22H16Cl4N2O4/c23-13-1-7-19(17(25)9-13)31-11-21(29)27-15-3-5-16(6-4-15)28-22(30)12-32-20-8-2-14(24)10-18(20)26/h1-10H,11-12H2,(H,27,29)(H,28,30). The summed E-state index contributed by atoms with van der Waals surface area (Å²) < 4.78 is 10.8. The molecule has 0 atom stereocenters. The van der Waals surface area contributed by atoms with Crippen LogP contribution in [0.3, 0.4) is 0 Å². The summed E-state index contributed by atoms with van der Waals surface area (Å²) >= 11 is 23.7. The van der Waals surface area contributed by atoms with Gasteiger partial charge in [0, 0.05) is 21.4 Å². The Labute approximate surface area is 204 Å². The van der Waals surface area contributed by atoms with Crippen LogP contribution in [0.15, 0.2) is 60.7 Å². The highest BCUT2D eigenvalue weighted by Crippen LogP contribution is 2.28. The molecule has 0 fully saturated rings. The fraction of sp³-hybridized carbons (Fsp3) is 0.0909. The molecule has 0 aliphatic heterocycles. The van der Waals surface area contributed by atoms with Crippen molar-refractivity contribution in [3.8, 4) is 11.5 Å². The molecule has 32 heavy (non-hydrogen) atoms. The van der Waals surface area contributed by atoms with Crippen molar-refractivity contribution in [2.45, 2.75) is 0 Å². The molecule has 2 N–H and O–H groups in total. The van der Waals surface area contributed by atoms with Gasteiger partial charge in [-0.1, -0.05) is 46.4 Å². The second kappa shape index (κ2) is 11.3. The van der Waals surface area contributed by atoms with Gasteiger partial charge >= 0.3 is 0 Å². The third kappa shape index (κ3) is 7.21. The Kier molecular flexibility index (Phi) is 8.47. The topological polar surface area (TPSA) is 76.7 Å². The van der Waals surface area contributed by atoms with Gasteiger partial charge in [-0.3, -0.25) is 9.59 Å². The summed E-state index contributed by atoms with van der Waals surface area (Å²) in [6.45, 7) is -0.463. The molecule has 166 valence electrons. The number of halogens is 4. The number of hydrogen-bond acceptors (Lipinski definition) is 4. The van der Waals surface area contributed by atoms with Gasteiger partial charge in [-0.25, -0.2) is 0 Å². The molecule has 6 nitrogen and oxygen atoms in total. The third-order valence-corrected chi connectivity index (χ3v) is 5.02. The number of benzene rings is 3. The van der Waals surface area contributed by atoms with Crippen molar-refractivity contribution in [3.05, 3.63) is 80.8 Å². The summed E-state index contributed by atoms with van der Waals surface area (Å²) in [5.41, 5.74) is 1.06. The van der Waals surface area contributed by atoms with Crippen LogP contribution < -0.4 is 20.1 Å². The second-order valence-corrected chi connectivity index (χ2v) is 8.09. The van der Waals surface area contributed by atoms with Crippen molar-refractivity contribution in [1.82, 2.24) is 0 Å². The number of ether oxygens (including phenoxy) is 2. The maximum Gasteiger partial charge on any atom is 0.262 e. The van der Waals surface area contributed by atoms with Crippen LogP contribution in [0.4, 0.5) is 11.4 Å². The van der Waals surface area contributed by atoms with Crippen LogP contribution in [0.1, 0.15) is 0 Å². The van der Waals surface area contributed by atoms with Crippen LogP contribution in [0.2, 0.25) is 20.1 Å². The molecule has 0 aliphatic rings. The fourth-order valence-corrected chi connectivity index (χ4v) is 3.43. The van der Waals surface area contributed by atoms with Gasteiger partial charge in [-0.15, -0.1) is 0 Å². The minimum Gasteiger partial charge on any atom is -0.482 e. The highest BCUT2D eigenvalue weighted by Gasteiger charge is 2.09. The molecule has 3 rings (SSSR count). The summed E-state index contributed by atoms with van der Waals surface area (Å²) in [5.74, 6) is -0.0418. The van der Waals surface area contributed by atoms with Crippen LogP contribution in [-0.2, 0) is 9.59 Å². The van der Waals surface area contributed by atoms with E-state index in [9.17, 15) is 9.59 Å². The van der Waals surface area contributed by atoms with E-state index >= 15 is 0 Å². The van der Waals surface area contributed by atoms with Crippen LogP contribution in [-0.4, -0.2) is 25.0 Å². The Morgan fingerprint density at radius 3 is 1.34 bits per heavy atom. The fourth-order valence-electron chi connectivity index (χ4n) is 2.50. The normalized spacial score (nSPS) is 10.4. The van der Waals surface area contributed by atoms with Gasteiger partial charge in [0.2, 0.25) is 0 Å². The zero-order chi connectivity index (χ0) is 23.1. The lowest BCUT2D eigenvalue weighted by Gasteiger charge is -2.11. The molecule has 0 aliphatic carbocycles. The highest BCUT2D eigenvalue weighted by molar-refractivity contribution is 6.36. The van der Waals surface area contributed by atoms with Gasteiger partial charge in [0.1, 0.15) is 11.5 Å². The average molecular weight is 514 g/mol. The molecule has 0 unspecified atom stereocenters. The lowest BCUT2D eigenvalue weighted by Crippen LogP contribution is -2.21. The minimum atomic E-state index is -0.374. The van der Waals surface area contributed by atoms with Crippen molar-refractivity contribution in [2.24, 2.45) is 0 Å². The number of amides is 2. The minimum absolute atomic E-state index is 0.232. The van der Waals surface area contributed by atoms with Crippen LogP contribution in [0, 0.1) is 0 Å². The number of rotatable bonds is 8. The summed E-state index contributed by atoms with van der Waals surface area (Å²) in [6.07, 6.45) is 0. The summed E-state index contributed by atoms with van der Waals surface area (Å²) in [7, 11) is 0. The number of carbonyl (C=O) groups excluding carboxylic acids is 2. The predicted molar refractivity (Wildman–Crippen MR) is 128 cm³/mol. The van der Waals surface area contributed by atoms with E-state index in [2.05, 4.69) is 10.6 Å². The molecule has 3 aromatic rings. The number of hydrogen-bond donors (Lipinski definition) is 2. The van der Waals surface area contributed by atoms with Crippen molar-refractivity contribution in [1.29, 1.82) is 0 Å². The molecule has 0 saturated carbocycles. The van der Waals surface area contributed by atoms with E-state index in [0.717, 1.165) is 0 Å². The monoisotopic (exact) mass is 512 g/mol. The Bertz CT molecular complexity index is 1030. The van der Waals surface area contributed by atoms with Crippen LogP contribution >= 0.6 is 46.4 Å².